The molecule has 0 aliphatic carbocycles. The minimum absolute atomic E-state index is 0.244. The molecule has 0 unspecified atom stereocenters. The lowest BCUT2D eigenvalue weighted by atomic mass is 10.0. The van der Waals surface area contributed by atoms with Crippen molar-refractivity contribution in [3.05, 3.63) is 41.5 Å². The summed E-state index contributed by atoms with van der Waals surface area (Å²) >= 11 is 0. The Balaban J connectivity index is 2.32. The second-order valence-electron chi connectivity index (χ2n) is 5.12. The zero-order valence-corrected chi connectivity index (χ0v) is 11.8. The van der Waals surface area contributed by atoms with Crippen LogP contribution in [-0.2, 0) is 15.7 Å². The Kier molecular flexibility index (Phi) is 3.32. The first kappa shape index (κ1) is 13.4. The topological polar surface area (TPSA) is 46.6 Å². The van der Waals surface area contributed by atoms with E-state index in [1.165, 1.54) is 32.0 Å². The summed E-state index contributed by atoms with van der Waals surface area (Å²) in [6.45, 7) is 0.165. The summed E-state index contributed by atoms with van der Waals surface area (Å²) in [5.74, 6) is -0.969. The van der Waals surface area contributed by atoms with Crippen molar-refractivity contribution in [1.82, 2.24) is 4.90 Å². The van der Waals surface area contributed by atoms with Gasteiger partial charge in [0.05, 0.1) is 13.8 Å². The summed E-state index contributed by atoms with van der Waals surface area (Å²) in [5.41, 5.74) is -2.77. The molecule has 118 valence electrons. The summed E-state index contributed by atoms with van der Waals surface area (Å²) in [6, 6.07) is 4.65. The highest BCUT2D eigenvalue weighted by atomic mass is 19.4. The second kappa shape index (κ2) is 5.47. The van der Waals surface area contributed by atoms with E-state index in [4.69, 9.17) is 2.74 Å². The highest BCUT2D eigenvalue weighted by Crippen LogP contribution is 2.32. The first-order valence-electron chi connectivity index (χ1n) is 7.29. The van der Waals surface area contributed by atoms with Crippen molar-refractivity contribution in [2.75, 3.05) is 6.56 Å². The summed E-state index contributed by atoms with van der Waals surface area (Å²) in [5, 5.41) is 0. The van der Waals surface area contributed by atoms with Gasteiger partial charge in [-0.15, -0.1) is 0 Å². The van der Waals surface area contributed by atoms with Crippen LogP contribution in [0.5, 0.6) is 0 Å². The Morgan fingerprint density at radius 2 is 2.05 bits per heavy atom. The van der Waals surface area contributed by atoms with Gasteiger partial charge in [-0.3, -0.25) is 4.79 Å². The fourth-order valence-electron chi connectivity index (χ4n) is 1.99. The van der Waals surface area contributed by atoms with E-state index in [9.17, 15) is 22.8 Å². The average molecular weight is 315 g/mol. The molecule has 0 bridgehead atoms. The first-order chi connectivity index (χ1) is 10.9. The quantitative estimate of drug-likeness (QED) is 0.785. The van der Waals surface area contributed by atoms with E-state index in [0.29, 0.717) is 4.90 Å². The zero-order valence-electron chi connectivity index (χ0n) is 13.8. The minimum atomic E-state index is -4.59. The van der Waals surface area contributed by atoms with Crippen molar-refractivity contribution in [2.45, 2.75) is 25.6 Å². The Labute approximate surface area is 128 Å². The van der Waals surface area contributed by atoms with E-state index in [0.717, 1.165) is 18.2 Å². The van der Waals surface area contributed by atoms with Crippen LogP contribution in [0.2, 0.25) is 0 Å². The van der Waals surface area contributed by atoms with Crippen molar-refractivity contribution in [1.29, 1.82) is 0 Å². The number of hydrogen-bond acceptors (Lipinski definition) is 3. The number of benzene rings is 1. The van der Waals surface area contributed by atoms with E-state index in [1.807, 2.05) is 0 Å². The number of cyclic esters (lactones) is 1. The van der Waals surface area contributed by atoms with Crippen LogP contribution in [0.15, 0.2) is 30.3 Å². The lowest BCUT2D eigenvalue weighted by Crippen LogP contribution is -2.45. The molecule has 0 radical (unpaired) electrons. The smallest absolute Gasteiger partial charge is 0.417 e. The molecule has 4 nitrogen and oxygen atoms in total. The zero-order chi connectivity index (χ0) is 18.3. The average Bonchev–Trinajstić information content (AvgIpc) is 2.59. The Morgan fingerprint density at radius 3 is 2.59 bits per heavy atom. The van der Waals surface area contributed by atoms with Crippen LogP contribution >= 0.6 is 0 Å². The fourth-order valence-corrected chi connectivity index (χ4v) is 1.99. The summed E-state index contributed by atoms with van der Waals surface area (Å²) in [4.78, 5) is 24.4. The molecular formula is C15H14F3NO3. The Morgan fingerprint density at radius 1 is 1.41 bits per heavy atom. The number of rotatable bonds is 2. The number of hydrogen-bond donors (Lipinski definition) is 0. The summed E-state index contributed by atoms with van der Waals surface area (Å²) < 4.78 is 58.5. The third-order valence-electron chi connectivity index (χ3n) is 3.02. The number of alkyl halides is 3. The molecule has 0 saturated carbocycles. The number of ether oxygens (including phenoxy) is 1. The second-order valence-corrected chi connectivity index (χ2v) is 5.12. The van der Waals surface area contributed by atoms with Crippen molar-refractivity contribution >= 4 is 18.1 Å². The molecular weight excluding hydrogens is 299 g/mol. The first-order valence-corrected chi connectivity index (χ1v) is 6.29. The molecule has 1 fully saturated rings. The molecule has 0 atom stereocenters. The van der Waals surface area contributed by atoms with Gasteiger partial charge in [-0.25, -0.2) is 9.69 Å². The van der Waals surface area contributed by atoms with Gasteiger partial charge in [-0.1, -0.05) is 18.2 Å². The molecule has 1 aliphatic heterocycles. The van der Waals surface area contributed by atoms with Crippen molar-refractivity contribution in [3.8, 4) is 0 Å². The monoisotopic (exact) mass is 315 g/mol. The van der Waals surface area contributed by atoms with E-state index in [-0.39, 0.29) is 5.56 Å². The van der Waals surface area contributed by atoms with Gasteiger partial charge >= 0.3 is 12.3 Å². The maximum atomic E-state index is 12.9. The van der Waals surface area contributed by atoms with Gasteiger partial charge in [0.25, 0.3) is 5.91 Å². The van der Waals surface area contributed by atoms with Gasteiger partial charge in [0.2, 0.25) is 0 Å². The molecule has 2 rings (SSSR count). The van der Waals surface area contributed by atoms with Gasteiger partial charge < -0.3 is 4.74 Å². The molecule has 7 heteroatoms. The number of halogens is 3. The Hall–Kier alpha value is -2.31. The molecule has 1 saturated heterocycles. The predicted octanol–water partition coefficient (Wildman–Crippen LogP) is 3.48. The maximum absolute atomic E-state index is 12.9. The number of amides is 2. The van der Waals surface area contributed by atoms with E-state index in [2.05, 4.69) is 4.74 Å². The van der Waals surface area contributed by atoms with Crippen LogP contribution in [0.25, 0.3) is 6.08 Å². The molecule has 0 spiro atoms. The largest absolute Gasteiger partial charge is 0.447 e. The van der Waals surface area contributed by atoms with Gasteiger partial charge in [0.1, 0.15) is 6.56 Å². The van der Waals surface area contributed by atoms with Crippen LogP contribution in [0.1, 0.15) is 27.7 Å². The number of carbonyl (C=O) groups is 2. The number of nitrogens with zero attached hydrogens (tertiary/aromatic N) is 1. The van der Waals surface area contributed by atoms with Gasteiger partial charge in [-0.2, -0.15) is 13.2 Å². The van der Waals surface area contributed by atoms with E-state index < -0.39 is 35.8 Å². The van der Waals surface area contributed by atoms with Crippen molar-refractivity contribution in [2.24, 2.45) is 0 Å². The molecule has 1 aromatic carbocycles. The number of imide groups is 1. The minimum Gasteiger partial charge on any atom is -0.447 e. The third kappa shape index (κ3) is 3.13. The molecule has 1 aliphatic rings. The van der Waals surface area contributed by atoms with Gasteiger partial charge in [0.15, 0.2) is 0 Å². The molecule has 2 amide bonds. The van der Waals surface area contributed by atoms with E-state index >= 15 is 0 Å². The predicted molar refractivity (Wildman–Crippen MR) is 72.8 cm³/mol. The lowest BCUT2D eigenvalue weighted by molar-refractivity contribution is -0.137. The highest BCUT2D eigenvalue weighted by Gasteiger charge is 2.43. The number of carbonyl (C=O) groups excluding carboxylic acids is 2. The lowest BCUT2D eigenvalue weighted by Gasteiger charge is -2.24. The summed E-state index contributed by atoms with van der Waals surface area (Å²) in [6.07, 6.45) is -4.06. The standard InChI is InChI=1S/C15H14F3NO3/c1-14(2)9-22-13(21)19(14)12(20)8-7-10-5-3-4-6-11(10)15(16,17)18/h3-8H,9H2,1-2H3/b8-7+/i9D2. The third-order valence-corrected chi connectivity index (χ3v) is 3.02. The summed E-state index contributed by atoms with van der Waals surface area (Å²) in [7, 11) is 0. The van der Waals surface area contributed by atoms with Crippen molar-refractivity contribution in [3.63, 3.8) is 0 Å². The van der Waals surface area contributed by atoms with E-state index in [1.54, 1.807) is 0 Å². The van der Waals surface area contributed by atoms with Gasteiger partial charge in [-0.05, 0) is 31.6 Å². The highest BCUT2D eigenvalue weighted by molar-refractivity contribution is 6.02. The Bertz CT molecular complexity index is 714. The van der Waals surface area contributed by atoms with Crippen LogP contribution in [0, 0.1) is 0 Å². The normalized spacial score (nSPS) is 21.5. The van der Waals surface area contributed by atoms with Crippen LogP contribution < -0.4 is 0 Å². The molecule has 0 aromatic heterocycles. The molecule has 22 heavy (non-hydrogen) atoms. The van der Waals surface area contributed by atoms with Crippen LogP contribution in [-0.4, -0.2) is 29.0 Å². The molecule has 1 aromatic rings. The fraction of sp³-hybridized carbons (Fsp3) is 0.333. The molecule has 1 heterocycles. The van der Waals surface area contributed by atoms with Crippen molar-refractivity contribution < 1.29 is 30.2 Å². The van der Waals surface area contributed by atoms with Gasteiger partial charge in [0, 0.05) is 6.08 Å². The maximum Gasteiger partial charge on any atom is 0.417 e. The molecule has 0 N–H and O–H groups in total. The van der Waals surface area contributed by atoms with Crippen LogP contribution in [0.3, 0.4) is 0 Å². The SMILES string of the molecule is [2H]C1([2H])OC(=O)N(C(=O)/C=C/c2ccccc2C(F)(F)F)C1(C)C. The van der Waals surface area contributed by atoms with Crippen LogP contribution in [0.4, 0.5) is 18.0 Å².